The van der Waals surface area contributed by atoms with Crippen LogP contribution in [0.25, 0.3) is 0 Å². The Morgan fingerprint density at radius 3 is 2.20 bits per heavy atom. The molecule has 0 saturated heterocycles. The fourth-order valence-electron chi connectivity index (χ4n) is 2.49. The van der Waals surface area contributed by atoms with Crippen LogP contribution in [0.4, 0.5) is 5.69 Å². The summed E-state index contributed by atoms with van der Waals surface area (Å²) in [7, 11) is -0.779. The molecular formula is C18H19NO5S. The predicted octanol–water partition coefficient (Wildman–Crippen LogP) is 3.10. The summed E-state index contributed by atoms with van der Waals surface area (Å²) in [6, 6.07) is 10.8. The lowest BCUT2D eigenvalue weighted by Gasteiger charge is -2.12. The van der Waals surface area contributed by atoms with Crippen molar-refractivity contribution in [3.8, 4) is 11.5 Å². The molecular weight excluding hydrogens is 342 g/mol. The van der Waals surface area contributed by atoms with E-state index in [0.29, 0.717) is 22.7 Å². The van der Waals surface area contributed by atoms with Crippen LogP contribution in [-0.2, 0) is 10.0 Å². The molecule has 2 aromatic rings. The van der Waals surface area contributed by atoms with E-state index in [1.807, 2.05) is 0 Å². The van der Waals surface area contributed by atoms with Crippen molar-refractivity contribution in [3.63, 3.8) is 0 Å². The van der Waals surface area contributed by atoms with Crippen LogP contribution in [0.5, 0.6) is 11.5 Å². The molecule has 6 nitrogen and oxygen atoms in total. The largest absolute Gasteiger partial charge is 0.493 e. The first-order valence-electron chi connectivity index (χ1n) is 7.84. The van der Waals surface area contributed by atoms with Crippen molar-refractivity contribution >= 4 is 21.5 Å². The molecule has 0 unspecified atom stereocenters. The van der Waals surface area contributed by atoms with Crippen molar-refractivity contribution in [2.75, 3.05) is 18.9 Å². The van der Waals surface area contributed by atoms with Crippen LogP contribution in [-0.4, -0.2) is 28.4 Å². The SMILES string of the molecule is COc1ccc(NS(=O)(=O)c2ccc(C(=O)C3CC3)cc2)cc1OC. The average molecular weight is 361 g/mol. The van der Waals surface area contributed by atoms with E-state index in [0.717, 1.165) is 12.8 Å². The van der Waals surface area contributed by atoms with E-state index in [2.05, 4.69) is 4.72 Å². The number of hydrogen-bond acceptors (Lipinski definition) is 5. The van der Waals surface area contributed by atoms with Crippen LogP contribution in [0.15, 0.2) is 47.4 Å². The summed E-state index contributed by atoms with van der Waals surface area (Å²) in [6.45, 7) is 0. The van der Waals surface area contributed by atoms with Crippen LogP contribution < -0.4 is 14.2 Å². The topological polar surface area (TPSA) is 81.7 Å². The Kier molecular flexibility index (Phi) is 4.67. The number of carbonyl (C=O) groups is 1. The monoisotopic (exact) mass is 361 g/mol. The number of ketones is 1. The van der Waals surface area contributed by atoms with E-state index in [1.165, 1.54) is 26.4 Å². The molecule has 1 N–H and O–H groups in total. The minimum absolute atomic E-state index is 0.0804. The predicted molar refractivity (Wildman–Crippen MR) is 93.9 cm³/mol. The van der Waals surface area contributed by atoms with Gasteiger partial charge in [0.05, 0.1) is 24.8 Å². The molecule has 0 radical (unpaired) electrons. The van der Waals surface area contributed by atoms with Crippen molar-refractivity contribution in [3.05, 3.63) is 48.0 Å². The number of hydrogen-bond donors (Lipinski definition) is 1. The summed E-state index contributed by atoms with van der Waals surface area (Å²) in [5, 5.41) is 0. The molecule has 0 amide bonds. The number of carbonyl (C=O) groups excluding carboxylic acids is 1. The van der Waals surface area contributed by atoms with Crippen LogP contribution >= 0.6 is 0 Å². The molecule has 0 atom stereocenters. The lowest BCUT2D eigenvalue weighted by atomic mass is 10.1. The first kappa shape index (κ1) is 17.3. The Bertz CT molecular complexity index is 886. The third kappa shape index (κ3) is 3.76. The number of nitrogens with one attached hydrogen (secondary N) is 1. The van der Waals surface area contributed by atoms with E-state index in [4.69, 9.17) is 9.47 Å². The van der Waals surface area contributed by atoms with Crippen LogP contribution in [0, 0.1) is 5.92 Å². The highest BCUT2D eigenvalue weighted by Crippen LogP contribution is 2.33. The standard InChI is InChI=1S/C18H19NO5S/c1-23-16-10-7-14(11-17(16)24-2)19-25(21,22)15-8-5-13(6-9-15)18(20)12-3-4-12/h5-12,19H,3-4H2,1-2H3. The highest BCUT2D eigenvalue weighted by Gasteiger charge is 2.30. The van der Waals surface area contributed by atoms with Crippen LogP contribution in [0.3, 0.4) is 0 Å². The van der Waals surface area contributed by atoms with Gasteiger partial charge in [-0.15, -0.1) is 0 Å². The van der Waals surface area contributed by atoms with Gasteiger partial charge in [-0.2, -0.15) is 0 Å². The number of sulfonamides is 1. The minimum atomic E-state index is -3.76. The maximum atomic E-state index is 12.5. The number of benzene rings is 2. The summed E-state index contributed by atoms with van der Waals surface area (Å²) in [4.78, 5) is 12.1. The third-order valence-electron chi connectivity index (χ3n) is 4.03. The van der Waals surface area contributed by atoms with Gasteiger partial charge in [-0.1, -0.05) is 12.1 Å². The Labute approximate surface area is 146 Å². The summed E-state index contributed by atoms with van der Waals surface area (Å²) in [5.74, 6) is 1.12. The second-order valence-corrected chi connectivity index (χ2v) is 7.52. The summed E-state index contributed by atoms with van der Waals surface area (Å²) in [6.07, 6.45) is 1.83. The second kappa shape index (κ2) is 6.76. The van der Waals surface area contributed by atoms with Gasteiger partial charge in [-0.25, -0.2) is 8.42 Å². The lowest BCUT2D eigenvalue weighted by Crippen LogP contribution is -2.13. The van der Waals surface area contributed by atoms with Crippen molar-refractivity contribution in [2.45, 2.75) is 17.7 Å². The average Bonchev–Trinajstić information content (AvgIpc) is 3.46. The molecule has 0 heterocycles. The fraction of sp³-hybridized carbons (Fsp3) is 0.278. The van der Waals surface area contributed by atoms with Crippen LogP contribution in [0.2, 0.25) is 0 Å². The molecule has 0 bridgehead atoms. The first-order valence-corrected chi connectivity index (χ1v) is 9.32. The van der Waals surface area contributed by atoms with E-state index >= 15 is 0 Å². The number of anilines is 1. The Hall–Kier alpha value is -2.54. The molecule has 1 aliphatic rings. The first-order chi connectivity index (χ1) is 11.9. The van der Waals surface area contributed by atoms with E-state index < -0.39 is 10.0 Å². The second-order valence-electron chi connectivity index (χ2n) is 5.84. The van der Waals surface area contributed by atoms with Gasteiger partial charge in [0.25, 0.3) is 10.0 Å². The quantitative estimate of drug-likeness (QED) is 0.767. The Balaban J connectivity index is 1.80. The normalized spacial score (nSPS) is 14.0. The highest BCUT2D eigenvalue weighted by molar-refractivity contribution is 7.92. The van der Waals surface area contributed by atoms with Gasteiger partial charge in [0.15, 0.2) is 17.3 Å². The van der Waals surface area contributed by atoms with Gasteiger partial charge >= 0.3 is 0 Å². The van der Waals surface area contributed by atoms with Crippen LogP contribution in [0.1, 0.15) is 23.2 Å². The van der Waals surface area contributed by atoms with Gasteiger partial charge in [0.2, 0.25) is 0 Å². The summed E-state index contributed by atoms with van der Waals surface area (Å²) < 4.78 is 37.8. The number of methoxy groups -OCH3 is 2. The van der Waals surface area contributed by atoms with Gasteiger partial charge in [0.1, 0.15) is 0 Å². The smallest absolute Gasteiger partial charge is 0.261 e. The zero-order valence-corrected chi connectivity index (χ0v) is 14.8. The third-order valence-corrected chi connectivity index (χ3v) is 5.43. The Morgan fingerprint density at radius 1 is 1.00 bits per heavy atom. The maximum Gasteiger partial charge on any atom is 0.261 e. The summed E-state index contributed by atoms with van der Waals surface area (Å²) >= 11 is 0. The van der Waals surface area contributed by atoms with E-state index in [9.17, 15) is 13.2 Å². The molecule has 2 aromatic carbocycles. The van der Waals surface area contributed by atoms with Gasteiger partial charge in [-0.3, -0.25) is 9.52 Å². The van der Waals surface area contributed by atoms with Gasteiger partial charge in [0, 0.05) is 17.5 Å². The number of Topliss-reactive ketones (excluding diaryl/α,β-unsaturated/α-hetero) is 1. The molecule has 0 aromatic heterocycles. The molecule has 3 rings (SSSR count). The molecule has 7 heteroatoms. The molecule has 0 spiro atoms. The zero-order valence-electron chi connectivity index (χ0n) is 14.0. The van der Waals surface area contributed by atoms with Crippen molar-refractivity contribution in [1.29, 1.82) is 0 Å². The van der Waals surface area contributed by atoms with Crippen molar-refractivity contribution in [2.24, 2.45) is 5.92 Å². The molecule has 0 aliphatic heterocycles. The van der Waals surface area contributed by atoms with Gasteiger partial charge in [-0.05, 0) is 37.1 Å². The van der Waals surface area contributed by atoms with E-state index in [-0.39, 0.29) is 16.6 Å². The number of rotatable bonds is 7. The molecule has 25 heavy (non-hydrogen) atoms. The number of ether oxygens (including phenoxy) is 2. The van der Waals surface area contributed by atoms with E-state index in [1.54, 1.807) is 30.3 Å². The molecule has 1 aliphatic carbocycles. The molecule has 1 saturated carbocycles. The minimum Gasteiger partial charge on any atom is -0.493 e. The maximum absolute atomic E-state index is 12.5. The molecule has 1 fully saturated rings. The van der Waals surface area contributed by atoms with Crippen molar-refractivity contribution in [1.82, 2.24) is 0 Å². The lowest BCUT2D eigenvalue weighted by molar-refractivity contribution is 0.0967. The van der Waals surface area contributed by atoms with Gasteiger partial charge < -0.3 is 9.47 Å². The fourth-order valence-corrected chi connectivity index (χ4v) is 3.54. The highest BCUT2D eigenvalue weighted by atomic mass is 32.2. The van der Waals surface area contributed by atoms with Crippen molar-refractivity contribution < 1.29 is 22.7 Å². The Morgan fingerprint density at radius 2 is 1.64 bits per heavy atom. The molecule has 132 valence electrons. The zero-order chi connectivity index (χ0) is 18.0. The summed E-state index contributed by atoms with van der Waals surface area (Å²) in [5.41, 5.74) is 0.906.